The fraction of sp³-hybridized carbons (Fsp3) is 0.385. The molecule has 0 radical (unpaired) electrons. The number of esters is 1. The van der Waals surface area contributed by atoms with Crippen LogP contribution in [0.15, 0.2) is 30.3 Å². The van der Waals surface area contributed by atoms with Gasteiger partial charge < -0.3 is 9.47 Å². The van der Waals surface area contributed by atoms with Gasteiger partial charge in [0.05, 0.1) is 0 Å². The highest BCUT2D eigenvalue weighted by molar-refractivity contribution is 8.04. The molecule has 21 heavy (non-hydrogen) atoms. The third kappa shape index (κ3) is 6.37. The van der Waals surface area contributed by atoms with Crippen molar-refractivity contribution in [2.24, 2.45) is 0 Å². The number of hydrogen-bond donors (Lipinski definition) is 1. The smallest absolute Gasteiger partial charge is 0.440 e. The second kappa shape index (κ2) is 6.68. The quantitative estimate of drug-likeness (QED) is 0.667. The van der Waals surface area contributed by atoms with E-state index < -0.39 is 33.4 Å². The maximum absolute atomic E-state index is 11.6. The molecule has 0 aliphatic carbocycles. The fourth-order valence-electron chi connectivity index (χ4n) is 1.17. The van der Waals surface area contributed by atoms with Gasteiger partial charge in [0.2, 0.25) is 0 Å². The average molecular weight is 315 g/mol. The SMILES string of the molecule is CC(C)(C)OC(=O)S(=O)(=O)NCC(=O)Oc1ccccc1. The second-order valence-corrected chi connectivity index (χ2v) is 6.70. The van der Waals surface area contributed by atoms with E-state index in [0.717, 1.165) is 0 Å². The van der Waals surface area contributed by atoms with Crippen molar-refractivity contribution in [2.75, 3.05) is 6.54 Å². The minimum absolute atomic E-state index is 0.277. The maximum atomic E-state index is 11.6. The standard InChI is InChI=1S/C13H17NO6S/c1-13(2,3)20-12(16)21(17,18)14-9-11(15)19-10-7-5-4-6-8-10/h4-8,14H,9H2,1-3H3. The molecule has 1 rings (SSSR count). The number of sulfonamides is 1. The van der Waals surface area contributed by atoms with Gasteiger partial charge >= 0.3 is 21.3 Å². The van der Waals surface area contributed by atoms with Crippen molar-refractivity contribution in [3.8, 4) is 5.75 Å². The van der Waals surface area contributed by atoms with Crippen LogP contribution in [0.25, 0.3) is 0 Å². The molecule has 0 spiro atoms. The van der Waals surface area contributed by atoms with Crippen LogP contribution in [0.2, 0.25) is 0 Å². The van der Waals surface area contributed by atoms with Gasteiger partial charge in [0.15, 0.2) is 0 Å². The topological polar surface area (TPSA) is 98.8 Å². The molecule has 0 bridgehead atoms. The summed E-state index contributed by atoms with van der Waals surface area (Å²) in [6.45, 7) is 3.93. The van der Waals surface area contributed by atoms with Gasteiger partial charge in [-0.05, 0) is 32.9 Å². The number of carbonyl (C=O) groups is 2. The predicted octanol–water partition coefficient (Wildman–Crippen LogP) is 1.45. The molecule has 0 atom stereocenters. The van der Waals surface area contributed by atoms with Crippen LogP contribution >= 0.6 is 0 Å². The Balaban J connectivity index is 2.53. The van der Waals surface area contributed by atoms with E-state index in [-0.39, 0.29) is 5.75 Å². The molecule has 0 unspecified atom stereocenters. The number of ether oxygens (including phenoxy) is 2. The van der Waals surface area contributed by atoms with E-state index in [2.05, 4.69) is 0 Å². The zero-order chi connectivity index (χ0) is 16.1. The molecule has 0 saturated heterocycles. The van der Waals surface area contributed by atoms with E-state index in [0.29, 0.717) is 0 Å². The summed E-state index contributed by atoms with van der Waals surface area (Å²) in [6.07, 6.45) is 0. The molecule has 7 nitrogen and oxygen atoms in total. The number of carbonyl (C=O) groups excluding carboxylic acids is 2. The number of rotatable bonds is 4. The maximum Gasteiger partial charge on any atom is 0.440 e. The molecule has 116 valence electrons. The van der Waals surface area contributed by atoms with Crippen molar-refractivity contribution >= 4 is 21.3 Å². The number of benzene rings is 1. The molecule has 0 aromatic heterocycles. The first-order chi connectivity index (χ1) is 9.60. The van der Waals surface area contributed by atoms with E-state index in [9.17, 15) is 18.0 Å². The molecule has 1 aromatic carbocycles. The summed E-state index contributed by atoms with van der Waals surface area (Å²) in [5, 5.41) is -1.44. The molecule has 0 aliphatic rings. The number of hydrogen-bond acceptors (Lipinski definition) is 6. The van der Waals surface area contributed by atoms with Gasteiger partial charge in [-0.3, -0.25) is 4.79 Å². The van der Waals surface area contributed by atoms with Gasteiger partial charge in [0.25, 0.3) is 0 Å². The molecule has 0 aliphatic heterocycles. The normalized spacial score (nSPS) is 11.8. The van der Waals surface area contributed by atoms with Crippen LogP contribution in [0.3, 0.4) is 0 Å². The van der Waals surface area contributed by atoms with Gasteiger partial charge in [-0.25, -0.2) is 13.2 Å². The Hall–Kier alpha value is -1.93. The molecular weight excluding hydrogens is 298 g/mol. The van der Waals surface area contributed by atoms with Crippen molar-refractivity contribution in [3.05, 3.63) is 30.3 Å². The van der Waals surface area contributed by atoms with Crippen molar-refractivity contribution in [1.29, 1.82) is 0 Å². The highest BCUT2D eigenvalue weighted by Gasteiger charge is 2.29. The summed E-state index contributed by atoms with van der Waals surface area (Å²) < 4.78 is 34.6. The zero-order valence-corrected chi connectivity index (χ0v) is 12.8. The van der Waals surface area contributed by atoms with Crippen LogP contribution in [-0.4, -0.2) is 31.8 Å². The predicted molar refractivity (Wildman–Crippen MR) is 75.2 cm³/mol. The van der Waals surface area contributed by atoms with Gasteiger partial charge in [0, 0.05) is 0 Å². The molecular formula is C13H17NO6S. The summed E-state index contributed by atoms with van der Waals surface area (Å²) in [5.74, 6) is -0.563. The Kier molecular flexibility index (Phi) is 5.45. The van der Waals surface area contributed by atoms with E-state index in [1.54, 1.807) is 30.3 Å². The highest BCUT2D eigenvalue weighted by Crippen LogP contribution is 2.10. The Morgan fingerprint density at radius 3 is 2.24 bits per heavy atom. The first-order valence-electron chi connectivity index (χ1n) is 6.08. The largest absolute Gasteiger partial charge is 0.447 e. The van der Waals surface area contributed by atoms with Crippen LogP contribution < -0.4 is 9.46 Å². The van der Waals surface area contributed by atoms with Crippen LogP contribution in [0, 0.1) is 0 Å². The lowest BCUT2D eigenvalue weighted by Crippen LogP contribution is -2.39. The Morgan fingerprint density at radius 2 is 1.71 bits per heavy atom. The van der Waals surface area contributed by atoms with Crippen molar-refractivity contribution in [1.82, 2.24) is 4.72 Å². The van der Waals surface area contributed by atoms with Crippen LogP contribution in [0.1, 0.15) is 20.8 Å². The highest BCUT2D eigenvalue weighted by atomic mass is 32.2. The minimum atomic E-state index is -4.39. The molecule has 0 heterocycles. The Morgan fingerprint density at radius 1 is 1.14 bits per heavy atom. The Labute approximate surface area is 123 Å². The van der Waals surface area contributed by atoms with Crippen molar-refractivity contribution < 1.29 is 27.5 Å². The second-order valence-electron chi connectivity index (χ2n) is 5.08. The first-order valence-corrected chi connectivity index (χ1v) is 7.57. The van der Waals surface area contributed by atoms with Crippen molar-refractivity contribution in [3.63, 3.8) is 0 Å². The summed E-state index contributed by atoms with van der Waals surface area (Å²) >= 11 is 0. The van der Waals surface area contributed by atoms with Crippen LogP contribution in [-0.2, 0) is 19.6 Å². The van der Waals surface area contributed by atoms with Gasteiger partial charge in [0.1, 0.15) is 17.9 Å². The summed E-state index contributed by atoms with van der Waals surface area (Å²) in [6, 6.07) is 8.14. The van der Waals surface area contributed by atoms with Crippen LogP contribution in [0.4, 0.5) is 4.79 Å². The zero-order valence-electron chi connectivity index (χ0n) is 12.0. The van der Waals surface area contributed by atoms with E-state index in [1.807, 2.05) is 4.72 Å². The van der Waals surface area contributed by atoms with Crippen molar-refractivity contribution in [2.45, 2.75) is 26.4 Å². The Bertz CT molecular complexity index is 603. The average Bonchev–Trinajstić information content (AvgIpc) is 2.36. The van der Waals surface area contributed by atoms with Gasteiger partial charge in [-0.1, -0.05) is 18.2 Å². The van der Waals surface area contributed by atoms with Gasteiger partial charge in [-0.2, -0.15) is 4.72 Å². The van der Waals surface area contributed by atoms with Crippen LogP contribution in [0.5, 0.6) is 5.75 Å². The third-order valence-electron chi connectivity index (χ3n) is 1.99. The van der Waals surface area contributed by atoms with Gasteiger partial charge in [-0.15, -0.1) is 0 Å². The molecule has 1 N–H and O–H groups in total. The molecule has 0 fully saturated rings. The lowest BCUT2D eigenvalue weighted by Gasteiger charge is -2.19. The summed E-state index contributed by atoms with van der Waals surface area (Å²) in [4.78, 5) is 22.9. The van der Waals surface area contributed by atoms with E-state index >= 15 is 0 Å². The molecule has 1 aromatic rings. The fourth-order valence-corrected chi connectivity index (χ4v) is 1.96. The lowest BCUT2D eigenvalue weighted by molar-refractivity contribution is -0.133. The van der Waals surface area contributed by atoms with E-state index in [1.165, 1.54) is 20.8 Å². The minimum Gasteiger partial charge on any atom is -0.447 e. The number of nitrogens with one attached hydrogen (secondary N) is 1. The monoisotopic (exact) mass is 315 g/mol. The molecule has 8 heteroatoms. The van der Waals surface area contributed by atoms with E-state index in [4.69, 9.17) is 9.47 Å². The summed E-state index contributed by atoms with van der Waals surface area (Å²) in [5.41, 5.74) is -0.948. The third-order valence-corrected chi connectivity index (χ3v) is 3.04. The number of para-hydroxylation sites is 1. The lowest BCUT2D eigenvalue weighted by atomic mass is 10.2. The molecule has 0 saturated carbocycles. The summed E-state index contributed by atoms with van der Waals surface area (Å²) in [7, 11) is -4.39. The first kappa shape index (κ1) is 17.1. The molecule has 0 amide bonds.